The van der Waals surface area contributed by atoms with E-state index in [1.807, 2.05) is 6.92 Å². The number of pyridine rings is 1. The van der Waals surface area contributed by atoms with Crippen molar-refractivity contribution in [1.29, 1.82) is 0 Å². The van der Waals surface area contributed by atoms with Crippen LogP contribution in [0.3, 0.4) is 0 Å². The Hall–Kier alpha value is -3.54. The van der Waals surface area contributed by atoms with Crippen molar-refractivity contribution in [3.63, 3.8) is 0 Å². The fraction of sp³-hybridized carbons (Fsp3) is 0.370. The molecular formula is C27H28F4N4O3S. The molecule has 0 unspecified atom stereocenters. The highest BCUT2D eigenvalue weighted by atomic mass is 32.2. The van der Waals surface area contributed by atoms with Crippen LogP contribution in [0, 0.1) is 13.8 Å². The van der Waals surface area contributed by atoms with Gasteiger partial charge in [0.2, 0.25) is 5.88 Å². The number of alkyl halides is 4. The van der Waals surface area contributed by atoms with Crippen molar-refractivity contribution in [3.8, 4) is 17.1 Å². The minimum Gasteiger partial charge on any atom is -0.474 e. The first-order valence-corrected chi connectivity index (χ1v) is 13.9. The molecule has 39 heavy (non-hydrogen) atoms. The third-order valence-corrected chi connectivity index (χ3v) is 8.08. The lowest BCUT2D eigenvalue weighted by Crippen LogP contribution is -2.20. The van der Waals surface area contributed by atoms with Gasteiger partial charge in [-0.15, -0.1) is 0 Å². The van der Waals surface area contributed by atoms with E-state index in [2.05, 4.69) is 15.0 Å². The Balaban J connectivity index is 0.000000826. The number of aromatic nitrogens is 4. The van der Waals surface area contributed by atoms with Crippen molar-refractivity contribution < 1.29 is 30.7 Å². The summed E-state index contributed by atoms with van der Waals surface area (Å²) < 4.78 is 77.5. The van der Waals surface area contributed by atoms with Gasteiger partial charge in [-0.25, -0.2) is 21.8 Å². The summed E-state index contributed by atoms with van der Waals surface area (Å²) in [6.45, 7) is -0.856. The van der Waals surface area contributed by atoms with Gasteiger partial charge in [0, 0.05) is 29.4 Å². The lowest BCUT2D eigenvalue weighted by molar-refractivity contribution is 0.00818. The van der Waals surface area contributed by atoms with Crippen LogP contribution in [0.15, 0.2) is 53.7 Å². The highest BCUT2D eigenvalue weighted by Crippen LogP contribution is 2.35. The minimum absolute atomic E-state index is 0.0947. The van der Waals surface area contributed by atoms with Crippen LogP contribution in [0.1, 0.15) is 49.2 Å². The number of aryl methyl sites for hydroxylation is 2. The van der Waals surface area contributed by atoms with Crippen molar-refractivity contribution in [2.75, 3.05) is 0 Å². The topological polar surface area (TPSA) is 87.0 Å². The third-order valence-electron chi connectivity index (χ3n) is 6.40. The summed E-state index contributed by atoms with van der Waals surface area (Å²) in [5, 5.41) is 0.410. The van der Waals surface area contributed by atoms with Crippen molar-refractivity contribution in [2.24, 2.45) is 0 Å². The highest BCUT2D eigenvalue weighted by molar-refractivity contribution is 7.90. The number of ether oxygens (including phenoxy) is 1. The van der Waals surface area contributed by atoms with Gasteiger partial charge < -0.3 is 4.74 Å². The summed E-state index contributed by atoms with van der Waals surface area (Å²) in [6.07, 6.45) is 8.41. The van der Waals surface area contributed by atoms with E-state index < -0.39 is 23.4 Å². The molecular weight excluding hydrogens is 536 g/mol. The quantitative estimate of drug-likeness (QED) is 0.242. The first kappa shape index (κ1) is 28.5. The fourth-order valence-corrected chi connectivity index (χ4v) is 5.99. The highest BCUT2D eigenvalue weighted by Gasteiger charge is 2.25. The average molecular weight is 565 g/mol. The Labute approximate surface area is 223 Å². The van der Waals surface area contributed by atoms with Gasteiger partial charge in [-0.05, 0) is 57.7 Å². The number of halogens is 4. The molecule has 4 aromatic rings. The molecule has 0 amide bonds. The Kier molecular flexibility index (Phi) is 8.83. The molecule has 5 rings (SSSR count). The van der Waals surface area contributed by atoms with E-state index in [1.54, 1.807) is 43.3 Å². The van der Waals surface area contributed by atoms with Gasteiger partial charge in [0.1, 0.15) is 18.6 Å². The number of benzene rings is 1. The zero-order chi connectivity index (χ0) is 28.2. The van der Waals surface area contributed by atoms with Crippen LogP contribution in [-0.2, 0) is 16.7 Å². The normalized spacial score (nSPS) is 14.3. The van der Waals surface area contributed by atoms with Gasteiger partial charge in [0.15, 0.2) is 0 Å². The summed E-state index contributed by atoms with van der Waals surface area (Å²) in [5.41, 5.74) is 2.38. The maximum atomic E-state index is 14.0. The van der Waals surface area contributed by atoms with Gasteiger partial charge in [0.25, 0.3) is 10.0 Å². The van der Waals surface area contributed by atoms with E-state index in [1.165, 1.54) is 22.8 Å². The van der Waals surface area contributed by atoms with E-state index in [0.29, 0.717) is 33.9 Å². The monoisotopic (exact) mass is 564 g/mol. The molecule has 0 atom stereocenters. The summed E-state index contributed by atoms with van der Waals surface area (Å²) in [7, 11) is -3.95. The second kappa shape index (κ2) is 12.1. The molecule has 0 aliphatic heterocycles. The second-order valence-corrected chi connectivity index (χ2v) is 11.0. The molecule has 1 aliphatic carbocycles. The van der Waals surface area contributed by atoms with Gasteiger partial charge in [0.05, 0.1) is 21.8 Å². The number of rotatable bonds is 6. The predicted molar refractivity (Wildman–Crippen MR) is 139 cm³/mol. The maximum Gasteiger partial charge on any atom is 0.379 e. The Bertz CT molecular complexity index is 1530. The van der Waals surface area contributed by atoms with E-state index in [4.69, 9.17) is 4.74 Å². The van der Waals surface area contributed by atoms with Crippen molar-refractivity contribution in [2.45, 2.75) is 70.3 Å². The van der Waals surface area contributed by atoms with Crippen LogP contribution in [0.5, 0.6) is 5.88 Å². The molecule has 1 fully saturated rings. The molecule has 1 aliphatic rings. The molecule has 0 saturated heterocycles. The van der Waals surface area contributed by atoms with Crippen LogP contribution in [-0.4, -0.2) is 40.1 Å². The SMILES string of the molecule is Cc1ccc(S(=O)(=O)n2cc(-c3cc(OC4CCCCC4)nc(C)n3)c3c(CF)nccc32)cc1.FC(F)F. The van der Waals surface area contributed by atoms with Crippen LogP contribution < -0.4 is 4.74 Å². The van der Waals surface area contributed by atoms with Crippen molar-refractivity contribution >= 4 is 20.9 Å². The first-order valence-electron chi connectivity index (χ1n) is 12.4. The molecule has 3 aromatic heterocycles. The Morgan fingerprint density at radius 1 is 1.03 bits per heavy atom. The van der Waals surface area contributed by atoms with Crippen LogP contribution in [0.25, 0.3) is 22.2 Å². The van der Waals surface area contributed by atoms with Gasteiger partial charge in [-0.1, -0.05) is 24.1 Å². The summed E-state index contributed by atoms with van der Waals surface area (Å²) in [6, 6.07) is 9.91. The van der Waals surface area contributed by atoms with E-state index in [9.17, 15) is 26.0 Å². The Morgan fingerprint density at radius 2 is 1.69 bits per heavy atom. The Morgan fingerprint density at radius 3 is 2.33 bits per heavy atom. The lowest BCUT2D eigenvalue weighted by Gasteiger charge is -2.22. The molecule has 208 valence electrons. The molecule has 1 saturated carbocycles. The predicted octanol–water partition coefficient (Wildman–Crippen LogP) is 6.71. The number of hydrogen-bond acceptors (Lipinski definition) is 6. The zero-order valence-corrected chi connectivity index (χ0v) is 22.3. The number of nitrogens with zero attached hydrogens (tertiary/aromatic N) is 4. The standard InChI is InChI=1S/C26H27FN4O3S.CHF3/c1-17-8-10-20(11-9-17)35(32,33)31-16-21(26-23(15-27)28-13-12-24(26)31)22-14-25(30-18(2)29-22)34-19-6-4-3-5-7-19;2-1(3)4/h8-14,16,19H,3-7,15H2,1-2H3;1H. The smallest absolute Gasteiger partial charge is 0.379 e. The fourth-order valence-electron chi connectivity index (χ4n) is 4.63. The summed E-state index contributed by atoms with van der Waals surface area (Å²) >= 11 is 0. The molecule has 7 nitrogen and oxygen atoms in total. The maximum absolute atomic E-state index is 14.0. The van der Waals surface area contributed by atoms with Crippen molar-refractivity contribution in [3.05, 3.63) is 65.9 Å². The lowest BCUT2D eigenvalue weighted by atomic mass is 9.98. The van der Waals surface area contributed by atoms with E-state index in [0.717, 1.165) is 31.2 Å². The number of hydrogen-bond donors (Lipinski definition) is 0. The second-order valence-electron chi connectivity index (χ2n) is 9.21. The first-order chi connectivity index (χ1) is 18.6. The third kappa shape index (κ3) is 6.55. The van der Waals surface area contributed by atoms with E-state index in [-0.39, 0.29) is 16.7 Å². The number of fused-ring (bicyclic) bond motifs is 1. The van der Waals surface area contributed by atoms with Gasteiger partial charge in [-0.2, -0.15) is 18.2 Å². The molecule has 0 N–H and O–H groups in total. The largest absolute Gasteiger partial charge is 0.474 e. The average Bonchev–Trinajstić information content (AvgIpc) is 3.30. The molecule has 1 aromatic carbocycles. The van der Waals surface area contributed by atoms with Gasteiger partial charge >= 0.3 is 6.68 Å². The van der Waals surface area contributed by atoms with Crippen LogP contribution >= 0.6 is 0 Å². The van der Waals surface area contributed by atoms with Crippen LogP contribution in [0.4, 0.5) is 17.6 Å². The molecule has 12 heteroatoms. The van der Waals surface area contributed by atoms with Gasteiger partial charge in [-0.3, -0.25) is 4.98 Å². The summed E-state index contributed by atoms with van der Waals surface area (Å²) in [5.74, 6) is 0.925. The molecule has 0 radical (unpaired) electrons. The zero-order valence-electron chi connectivity index (χ0n) is 21.4. The van der Waals surface area contributed by atoms with Crippen molar-refractivity contribution in [1.82, 2.24) is 18.9 Å². The molecule has 0 spiro atoms. The molecule has 0 bridgehead atoms. The molecule has 3 heterocycles. The summed E-state index contributed by atoms with van der Waals surface area (Å²) in [4.78, 5) is 13.3. The minimum atomic E-state index is -3.95. The van der Waals surface area contributed by atoms with E-state index >= 15 is 0 Å². The van der Waals surface area contributed by atoms with Crippen LogP contribution in [0.2, 0.25) is 0 Å².